The van der Waals surface area contributed by atoms with Gasteiger partial charge in [-0.05, 0) is 23.3 Å². The topological polar surface area (TPSA) is 109 Å². The molecule has 2 aromatic carbocycles. The van der Waals surface area contributed by atoms with Crippen molar-refractivity contribution >= 4 is 32.4 Å². The zero-order valence-corrected chi connectivity index (χ0v) is 12.8. The third-order valence-electron chi connectivity index (χ3n) is 2.84. The average molecular weight is 340 g/mol. The second kappa shape index (κ2) is 6.01. The van der Waals surface area contributed by atoms with Gasteiger partial charge in [0, 0.05) is 0 Å². The molecular formula is C14H12O6S2. The van der Waals surface area contributed by atoms with Crippen LogP contribution in [0.1, 0.15) is 11.1 Å². The number of hydrogen-bond acceptors (Lipinski definition) is 4. The van der Waals surface area contributed by atoms with E-state index in [1.54, 1.807) is 12.1 Å². The highest BCUT2D eigenvalue weighted by atomic mass is 32.2. The van der Waals surface area contributed by atoms with Crippen LogP contribution in [-0.2, 0) is 20.2 Å². The van der Waals surface area contributed by atoms with Gasteiger partial charge in [0.2, 0.25) is 0 Å². The lowest BCUT2D eigenvalue weighted by molar-refractivity contribution is 0.480. The fourth-order valence-electron chi connectivity index (χ4n) is 1.89. The van der Waals surface area contributed by atoms with Crippen molar-refractivity contribution in [2.24, 2.45) is 0 Å². The van der Waals surface area contributed by atoms with E-state index >= 15 is 0 Å². The normalized spacial score (nSPS) is 12.6. The van der Waals surface area contributed by atoms with E-state index in [4.69, 9.17) is 9.11 Å². The number of benzene rings is 2. The Balaban J connectivity index is 2.53. The Labute approximate surface area is 128 Å². The van der Waals surface area contributed by atoms with E-state index in [1.165, 1.54) is 48.6 Å². The predicted octanol–water partition coefficient (Wildman–Crippen LogP) is 2.35. The van der Waals surface area contributed by atoms with Gasteiger partial charge in [-0.25, -0.2) is 0 Å². The van der Waals surface area contributed by atoms with Crippen LogP contribution in [-0.4, -0.2) is 25.9 Å². The third-order valence-corrected chi connectivity index (χ3v) is 4.69. The van der Waals surface area contributed by atoms with Gasteiger partial charge in [-0.1, -0.05) is 48.6 Å². The highest BCUT2D eigenvalue weighted by molar-refractivity contribution is 7.86. The van der Waals surface area contributed by atoms with Crippen LogP contribution in [0.5, 0.6) is 0 Å². The van der Waals surface area contributed by atoms with Crippen LogP contribution in [0.4, 0.5) is 0 Å². The van der Waals surface area contributed by atoms with Crippen molar-refractivity contribution in [2.45, 2.75) is 9.79 Å². The lowest BCUT2D eigenvalue weighted by atomic mass is 10.1. The minimum atomic E-state index is -4.40. The summed E-state index contributed by atoms with van der Waals surface area (Å²) < 4.78 is 63.4. The van der Waals surface area contributed by atoms with Crippen LogP contribution < -0.4 is 0 Å². The SMILES string of the molecule is O=S(=O)(O)c1ccccc1/C=C/c1ccccc1S(=O)(=O)O. The summed E-state index contributed by atoms with van der Waals surface area (Å²) >= 11 is 0. The molecule has 2 N–H and O–H groups in total. The zero-order chi connectivity index (χ0) is 16.4. The lowest BCUT2D eigenvalue weighted by Crippen LogP contribution is -2.01. The summed E-state index contributed by atoms with van der Waals surface area (Å²) in [7, 11) is -8.79. The first-order valence-electron chi connectivity index (χ1n) is 6.01. The maximum atomic E-state index is 11.3. The first-order valence-corrected chi connectivity index (χ1v) is 8.89. The van der Waals surface area contributed by atoms with Crippen molar-refractivity contribution in [1.82, 2.24) is 0 Å². The molecule has 6 nitrogen and oxygen atoms in total. The summed E-state index contributed by atoms with van der Waals surface area (Å²) in [5.41, 5.74) is 0.380. The van der Waals surface area contributed by atoms with Gasteiger partial charge in [0.25, 0.3) is 20.2 Å². The van der Waals surface area contributed by atoms with Gasteiger partial charge < -0.3 is 0 Å². The maximum Gasteiger partial charge on any atom is 0.295 e. The second-order valence-electron chi connectivity index (χ2n) is 4.36. The monoisotopic (exact) mass is 340 g/mol. The fraction of sp³-hybridized carbons (Fsp3) is 0. The molecule has 8 heteroatoms. The second-order valence-corrected chi connectivity index (χ2v) is 7.14. The molecule has 0 aliphatic carbocycles. The van der Waals surface area contributed by atoms with E-state index < -0.39 is 20.2 Å². The molecule has 0 unspecified atom stereocenters. The predicted molar refractivity (Wildman–Crippen MR) is 81.4 cm³/mol. The Morgan fingerprint density at radius 2 is 0.955 bits per heavy atom. The van der Waals surface area contributed by atoms with Crippen LogP contribution in [0, 0.1) is 0 Å². The Morgan fingerprint density at radius 1 is 0.636 bits per heavy atom. The molecule has 0 fully saturated rings. The van der Waals surface area contributed by atoms with E-state index in [-0.39, 0.29) is 20.9 Å². The summed E-state index contributed by atoms with van der Waals surface area (Å²) in [5, 5.41) is 0. The largest absolute Gasteiger partial charge is 0.295 e. The van der Waals surface area contributed by atoms with Crippen LogP contribution in [0.2, 0.25) is 0 Å². The summed E-state index contributed by atoms with van der Waals surface area (Å²) in [4.78, 5) is -0.592. The summed E-state index contributed by atoms with van der Waals surface area (Å²) in [6.07, 6.45) is 2.68. The molecular weight excluding hydrogens is 328 g/mol. The van der Waals surface area contributed by atoms with E-state index in [0.717, 1.165) is 0 Å². The molecule has 0 bridgehead atoms. The maximum absolute atomic E-state index is 11.3. The first kappa shape index (κ1) is 16.4. The molecule has 22 heavy (non-hydrogen) atoms. The van der Waals surface area contributed by atoms with E-state index in [2.05, 4.69) is 0 Å². The molecule has 0 amide bonds. The standard InChI is InChI=1S/C14H12O6S2/c15-21(16,17)13-7-3-1-5-11(13)9-10-12-6-2-4-8-14(12)22(18,19)20/h1-10H,(H,15,16,17)(H,18,19,20)/b10-9+. The van der Waals surface area contributed by atoms with Crippen molar-refractivity contribution in [1.29, 1.82) is 0 Å². The van der Waals surface area contributed by atoms with Crippen LogP contribution in [0.15, 0.2) is 58.3 Å². The molecule has 2 aromatic rings. The van der Waals surface area contributed by atoms with Gasteiger partial charge in [0.1, 0.15) is 9.79 Å². The van der Waals surface area contributed by atoms with Crippen molar-refractivity contribution in [3.8, 4) is 0 Å². The van der Waals surface area contributed by atoms with Gasteiger partial charge in [-0.15, -0.1) is 0 Å². The van der Waals surface area contributed by atoms with Crippen LogP contribution >= 0.6 is 0 Å². The summed E-state index contributed by atoms with van der Waals surface area (Å²) in [5.74, 6) is 0. The van der Waals surface area contributed by atoms with Crippen molar-refractivity contribution in [3.63, 3.8) is 0 Å². The Morgan fingerprint density at radius 3 is 1.27 bits per heavy atom. The minimum absolute atomic E-state index is 0.190. The number of rotatable bonds is 4. The molecule has 0 atom stereocenters. The van der Waals surface area contributed by atoms with Gasteiger partial charge in [0.05, 0.1) is 0 Å². The minimum Gasteiger partial charge on any atom is -0.282 e. The number of hydrogen-bond donors (Lipinski definition) is 2. The molecule has 0 radical (unpaired) electrons. The highest BCUT2D eigenvalue weighted by Crippen LogP contribution is 2.21. The Hall–Kier alpha value is -2.00. The molecule has 0 aliphatic heterocycles. The molecule has 0 aromatic heterocycles. The van der Waals surface area contributed by atoms with Crippen LogP contribution in [0.3, 0.4) is 0 Å². The summed E-state index contributed by atoms with van der Waals surface area (Å²) in [6.45, 7) is 0. The van der Waals surface area contributed by atoms with Gasteiger partial charge >= 0.3 is 0 Å². The third kappa shape index (κ3) is 3.80. The molecule has 0 heterocycles. The molecule has 0 saturated heterocycles. The van der Waals surface area contributed by atoms with E-state index in [1.807, 2.05) is 0 Å². The Kier molecular flexibility index (Phi) is 4.47. The van der Waals surface area contributed by atoms with Gasteiger partial charge in [-0.2, -0.15) is 16.8 Å². The van der Waals surface area contributed by atoms with Gasteiger partial charge in [0.15, 0.2) is 0 Å². The smallest absolute Gasteiger partial charge is 0.282 e. The van der Waals surface area contributed by atoms with Crippen molar-refractivity contribution in [3.05, 3.63) is 59.7 Å². The van der Waals surface area contributed by atoms with Crippen molar-refractivity contribution < 1.29 is 25.9 Å². The molecule has 0 saturated carbocycles. The van der Waals surface area contributed by atoms with E-state index in [9.17, 15) is 16.8 Å². The first-order chi connectivity index (χ1) is 10.2. The summed E-state index contributed by atoms with van der Waals surface area (Å²) in [6, 6.07) is 11.4. The lowest BCUT2D eigenvalue weighted by Gasteiger charge is -2.04. The molecule has 0 spiro atoms. The van der Waals surface area contributed by atoms with E-state index in [0.29, 0.717) is 0 Å². The molecule has 116 valence electrons. The van der Waals surface area contributed by atoms with Crippen LogP contribution in [0.25, 0.3) is 12.2 Å². The fourth-order valence-corrected chi connectivity index (χ4v) is 3.25. The van der Waals surface area contributed by atoms with Crippen molar-refractivity contribution in [2.75, 3.05) is 0 Å². The van der Waals surface area contributed by atoms with Gasteiger partial charge in [-0.3, -0.25) is 9.11 Å². The molecule has 0 aliphatic rings. The molecule has 2 rings (SSSR count). The highest BCUT2D eigenvalue weighted by Gasteiger charge is 2.14. The average Bonchev–Trinajstić information content (AvgIpc) is 2.44. The Bertz CT molecular complexity index is 850. The zero-order valence-electron chi connectivity index (χ0n) is 11.1. The quantitative estimate of drug-likeness (QED) is 0.653.